The third kappa shape index (κ3) is 4.29. The molecule has 0 fully saturated rings. The summed E-state index contributed by atoms with van der Waals surface area (Å²) < 4.78 is 16.0. The number of ether oxygens (including phenoxy) is 3. The quantitative estimate of drug-likeness (QED) is 0.755. The van der Waals surface area contributed by atoms with Gasteiger partial charge in [0, 0.05) is 31.4 Å². The van der Waals surface area contributed by atoms with Crippen LogP contribution in [0.5, 0.6) is 17.2 Å². The SMILES string of the molecule is COc1cc(C=Nc2ccc(N(C)C(C)=O)cc2)cc(OC)c1OC. The number of rotatable bonds is 6. The molecular weight excluding hydrogens is 320 g/mol. The van der Waals surface area contributed by atoms with Gasteiger partial charge in [-0.3, -0.25) is 9.79 Å². The predicted molar refractivity (Wildman–Crippen MR) is 98.9 cm³/mol. The van der Waals surface area contributed by atoms with Crippen molar-refractivity contribution in [3.8, 4) is 17.2 Å². The van der Waals surface area contributed by atoms with Crippen LogP contribution in [0.25, 0.3) is 0 Å². The summed E-state index contributed by atoms with van der Waals surface area (Å²) in [5.41, 5.74) is 2.41. The van der Waals surface area contributed by atoms with Gasteiger partial charge in [0.15, 0.2) is 11.5 Å². The Labute approximate surface area is 147 Å². The van der Waals surface area contributed by atoms with E-state index in [1.807, 2.05) is 36.4 Å². The molecule has 1 amide bonds. The third-order valence-electron chi connectivity index (χ3n) is 3.76. The molecule has 0 atom stereocenters. The Morgan fingerprint density at radius 2 is 1.56 bits per heavy atom. The minimum Gasteiger partial charge on any atom is -0.493 e. The maximum Gasteiger partial charge on any atom is 0.223 e. The van der Waals surface area contributed by atoms with Crippen LogP contribution in [0.3, 0.4) is 0 Å². The molecule has 6 nitrogen and oxygen atoms in total. The van der Waals surface area contributed by atoms with E-state index < -0.39 is 0 Å². The number of anilines is 1. The Morgan fingerprint density at radius 3 is 2.00 bits per heavy atom. The van der Waals surface area contributed by atoms with E-state index in [4.69, 9.17) is 14.2 Å². The number of nitrogens with zero attached hydrogens (tertiary/aromatic N) is 2. The number of methoxy groups -OCH3 is 3. The lowest BCUT2D eigenvalue weighted by molar-refractivity contribution is -0.116. The molecule has 0 N–H and O–H groups in total. The van der Waals surface area contributed by atoms with E-state index in [-0.39, 0.29) is 5.91 Å². The fourth-order valence-electron chi connectivity index (χ4n) is 2.27. The predicted octanol–water partition coefficient (Wildman–Crippen LogP) is 3.45. The second-order valence-electron chi connectivity index (χ2n) is 5.31. The van der Waals surface area contributed by atoms with Crippen molar-refractivity contribution < 1.29 is 19.0 Å². The van der Waals surface area contributed by atoms with Crippen molar-refractivity contribution in [2.45, 2.75) is 6.92 Å². The van der Waals surface area contributed by atoms with Gasteiger partial charge in [0.1, 0.15) is 0 Å². The molecule has 6 heteroatoms. The van der Waals surface area contributed by atoms with Crippen molar-refractivity contribution in [2.24, 2.45) is 4.99 Å². The molecule has 2 aromatic rings. The van der Waals surface area contributed by atoms with Crippen molar-refractivity contribution >= 4 is 23.5 Å². The Morgan fingerprint density at radius 1 is 1.00 bits per heavy atom. The summed E-state index contributed by atoms with van der Waals surface area (Å²) >= 11 is 0. The molecule has 0 heterocycles. The van der Waals surface area contributed by atoms with Gasteiger partial charge in [-0.2, -0.15) is 0 Å². The first kappa shape index (κ1) is 18.3. The van der Waals surface area contributed by atoms with Gasteiger partial charge in [-0.05, 0) is 36.4 Å². The third-order valence-corrected chi connectivity index (χ3v) is 3.76. The van der Waals surface area contributed by atoms with Gasteiger partial charge >= 0.3 is 0 Å². The summed E-state index contributed by atoms with van der Waals surface area (Å²) in [7, 11) is 6.44. The van der Waals surface area contributed by atoms with Gasteiger partial charge in [-0.15, -0.1) is 0 Å². The Kier molecular flexibility index (Phi) is 6.00. The van der Waals surface area contributed by atoms with Crippen LogP contribution >= 0.6 is 0 Å². The van der Waals surface area contributed by atoms with E-state index >= 15 is 0 Å². The minimum atomic E-state index is -0.0197. The molecular formula is C19H22N2O4. The normalized spacial score (nSPS) is 10.6. The van der Waals surface area contributed by atoms with Crippen molar-refractivity contribution in [1.82, 2.24) is 0 Å². The van der Waals surface area contributed by atoms with Crippen LogP contribution in [-0.4, -0.2) is 40.5 Å². The summed E-state index contributed by atoms with van der Waals surface area (Å²) in [5, 5.41) is 0. The average Bonchev–Trinajstić information content (AvgIpc) is 2.64. The summed E-state index contributed by atoms with van der Waals surface area (Å²) in [6.07, 6.45) is 1.72. The van der Waals surface area contributed by atoms with Crippen LogP contribution in [0, 0.1) is 0 Å². The van der Waals surface area contributed by atoms with Crippen LogP contribution in [0.15, 0.2) is 41.4 Å². The van der Waals surface area contributed by atoms with Crippen LogP contribution < -0.4 is 19.1 Å². The van der Waals surface area contributed by atoms with E-state index in [9.17, 15) is 4.79 Å². The van der Waals surface area contributed by atoms with Gasteiger partial charge < -0.3 is 19.1 Å². The second-order valence-corrected chi connectivity index (χ2v) is 5.31. The molecule has 0 aliphatic rings. The largest absolute Gasteiger partial charge is 0.493 e. The molecule has 0 spiro atoms. The van der Waals surface area contributed by atoms with Crippen LogP contribution in [0.2, 0.25) is 0 Å². The van der Waals surface area contributed by atoms with Gasteiger partial charge in [0.25, 0.3) is 0 Å². The Balaban J connectivity index is 2.25. The standard InChI is InChI=1S/C19H22N2O4/c1-13(22)21(2)16-8-6-15(7-9-16)20-12-14-10-17(23-3)19(25-5)18(11-14)24-4/h6-12H,1-5H3. The number of hydrogen-bond acceptors (Lipinski definition) is 5. The maximum absolute atomic E-state index is 11.4. The smallest absolute Gasteiger partial charge is 0.223 e. The van der Waals surface area contributed by atoms with E-state index in [0.29, 0.717) is 17.2 Å². The maximum atomic E-state index is 11.4. The number of amides is 1. The van der Waals surface area contributed by atoms with E-state index in [0.717, 1.165) is 16.9 Å². The van der Waals surface area contributed by atoms with Crippen molar-refractivity contribution in [1.29, 1.82) is 0 Å². The molecule has 25 heavy (non-hydrogen) atoms. The zero-order valence-electron chi connectivity index (χ0n) is 15.1. The summed E-state index contributed by atoms with van der Waals surface area (Å²) in [4.78, 5) is 17.4. The summed E-state index contributed by atoms with van der Waals surface area (Å²) in [5.74, 6) is 1.66. The molecule has 0 radical (unpaired) electrons. The molecule has 0 unspecified atom stereocenters. The molecule has 0 saturated heterocycles. The fraction of sp³-hybridized carbons (Fsp3) is 0.263. The molecule has 2 aromatic carbocycles. The number of aliphatic imine (C=N–C) groups is 1. The van der Waals surface area contributed by atoms with Gasteiger partial charge in [0.2, 0.25) is 11.7 Å². The van der Waals surface area contributed by atoms with Gasteiger partial charge in [0.05, 0.1) is 27.0 Å². The monoisotopic (exact) mass is 342 g/mol. The highest BCUT2D eigenvalue weighted by molar-refractivity contribution is 5.91. The number of carbonyl (C=O) groups excluding carboxylic acids is 1. The highest BCUT2D eigenvalue weighted by Crippen LogP contribution is 2.37. The summed E-state index contributed by atoms with van der Waals surface area (Å²) in [6, 6.07) is 11.0. The van der Waals surface area contributed by atoms with Crippen LogP contribution in [-0.2, 0) is 4.79 Å². The molecule has 0 aromatic heterocycles. The van der Waals surface area contributed by atoms with E-state index in [2.05, 4.69) is 4.99 Å². The highest BCUT2D eigenvalue weighted by atomic mass is 16.5. The zero-order valence-corrected chi connectivity index (χ0v) is 15.1. The molecule has 2 rings (SSSR count). The Hall–Kier alpha value is -3.02. The topological polar surface area (TPSA) is 60.4 Å². The highest BCUT2D eigenvalue weighted by Gasteiger charge is 2.12. The molecule has 0 aliphatic carbocycles. The first-order valence-electron chi connectivity index (χ1n) is 7.68. The first-order valence-corrected chi connectivity index (χ1v) is 7.68. The first-order chi connectivity index (χ1) is 12.0. The Bertz CT molecular complexity index is 744. The molecule has 0 saturated carbocycles. The number of benzene rings is 2. The second kappa shape index (κ2) is 8.19. The molecule has 0 bridgehead atoms. The average molecular weight is 342 g/mol. The summed E-state index contributed by atoms with van der Waals surface area (Å²) in [6.45, 7) is 1.52. The minimum absolute atomic E-state index is 0.0197. The van der Waals surface area contributed by atoms with Gasteiger partial charge in [-0.25, -0.2) is 0 Å². The van der Waals surface area contributed by atoms with Crippen molar-refractivity contribution in [3.05, 3.63) is 42.0 Å². The van der Waals surface area contributed by atoms with Crippen LogP contribution in [0.1, 0.15) is 12.5 Å². The molecule has 132 valence electrons. The zero-order chi connectivity index (χ0) is 18.4. The lowest BCUT2D eigenvalue weighted by Gasteiger charge is -2.14. The van der Waals surface area contributed by atoms with Crippen LogP contribution in [0.4, 0.5) is 11.4 Å². The fourth-order valence-corrected chi connectivity index (χ4v) is 2.27. The number of carbonyl (C=O) groups is 1. The van der Waals surface area contributed by atoms with Gasteiger partial charge in [-0.1, -0.05) is 0 Å². The lowest BCUT2D eigenvalue weighted by Crippen LogP contribution is -2.22. The van der Waals surface area contributed by atoms with E-state index in [1.54, 1.807) is 39.5 Å². The molecule has 0 aliphatic heterocycles. The number of hydrogen-bond donors (Lipinski definition) is 0. The lowest BCUT2D eigenvalue weighted by atomic mass is 10.2. The van der Waals surface area contributed by atoms with Crippen molar-refractivity contribution in [3.63, 3.8) is 0 Å². The van der Waals surface area contributed by atoms with E-state index in [1.165, 1.54) is 6.92 Å². The van der Waals surface area contributed by atoms with Crippen molar-refractivity contribution in [2.75, 3.05) is 33.3 Å².